The molecule has 0 spiro atoms. The Labute approximate surface area is 122 Å². The van der Waals surface area contributed by atoms with Crippen LogP contribution >= 0.6 is 0 Å². The van der Waals surface area contributed by atoms with E-state index in [4.69, 9.17) is 4.74 Å². The highest BCUT2D eigenvalue weighted by Crippen LogP contribution is 2.37. The minimum atomic E-state index is -3.75. The Hall–Kier alpha value is -2.08. The number of hydrogen-bond donors (Lipinski definition) is 0. The zero-order chi connectivity index (χ0) is 15.0. The van der Waals surface area contributed by atoms with Gasteiger partial charge >= 0.3 is 0 Å². The fourth-order valence-corrected chi connectivity index (χ4v) is 4.01. The summed E-state index contributed by atoms with van der Waals surface area (Å²) in [4.78, 5) is 0.0625. The van der Waals surface area contributed by atoms with E-state index in [1.165, 1.54) is 16.4 Å². The number of fused-ring (bicyclic) bond motifs is 1. The van der Waals surface area contributed by atoms with Gasteiger partial charge < -0.3 is 4.74 Å². The van der Waals surface area contributed by atoms with Gasteiger partial charge in [0.25, 0.3) is 10.0 Å². The first-order chi connectivity index (χ1) is 10.00. The predicted molar refractivity (Wildman–Crippen MR) is 77.5 cm³/mol. The van der Waals surface area contributed by atoms with Crippen LogP contribution < -0.4 is 9.04 Å². The lowest BCUT2D eigenvalue weighted by atomic mass is 10.2. The molecule has 1 aliphatic rings. The van der Waals surface area contributed by atoms with Gasteiger partial charge in [0.05, 0.1) is 16.6 Å². The molecule has 4 nitrogen and oxygen atoms in total. The Bertz CT molecular complexity index is 759. The maximum absolute atomic E-state index is 13.0. The normalized spacial score (nSPS) is 18.0. The van der Waals surface area contributed by atoms with Gasteiger partial charge in [0.2, 0.25) is 0 Å². The summed E-state index contributed by atoms with van der Waals surface area (Å²) in [6, 6.07) is 11.5. The molecule has 0 N–H and O–H groups in total. The quantitative estimate of drug-likeness (QED) is 0.857. The van der Waals surface area contributed by atoms with Crippen LogP contribution in [0.15, 0.2) is 53.4 Å². The van der Waals surface area contributed by atoms with Crippen LogP contribution in [0.1, 0.15) is 6.92 Å². The van der Waals surface area contributed by atoms with Gasteiger partial charge in [-0.2, -0.15) is 0 Å². The zero-order valence-electron chi connectivity index (χ0n) is 11.4. The van der Waals surface area contributed by atoms with E-state index in [1.807, 2.05) is 0 Å². The second-order valence-electron chi connectivity index (χ2n) is 4.88. The van der Waals surface area contributed by atoms with Crippen LogP contribution in [-0.2, 0) is 10.0 Å². The van der Waals surface area contributed by atoms with Gasteiger partial charge in [-0.3, -0.25) is 4.31 Å². The maximum atomic E-state index is 13.0. The molecular weight excluding hydrogens is 293 g/mol. The largest absolute Gasteiger partial charge is 0.489 e. The third-order valence-corrected chi connectivity index (χ3v) is 5.30. The average molecular weight is 307 g/mol. The van der Waals surface area contributed by atoms with E-state index in [1.54, 1.807) is 31.2 Å². The molecule has 1 aliphatic heterocycles. The zero-order valence-corrected chi connectivity index (χ0v) is 12.2. The summed E-state index contributed by atoms with van der Waals surface area (Å²) < 4.78 is 45.5. The van der Waals surface area contributed by atoms with E-state index < -0.39 is 15.8 Å². The van der Waals surface area contributed by atoms with Crippen LogP contribution in [0.25, 0.3) is 0 Å². The van der Waals surface area contributed by atoms with Gasteiger partial charge in [-0.15, -0.1) is 0 Å². The Kier molecular flexibility index (Phi) is 3.33. The van der Waals surface area contributed by atoms with E-state index >= 15 is 0 Å². The number of para-hydroxylation sites is 2. The van der Waals surface area contributed by atoms with E-state index in [9.17, 15) is 12.8 Å². The number of benzene rings is 2. The molecule has 1 heterocycles. The number of rotatable bonds is 2. The summed E-state index contributed by atoms with van der Waals surface area (Å²) in [6.45, 7) is 2.05. The molecule has 0 fully saturated rings. The molecule has 2 aromatic carbocycles. The predicted octanol–water partition coefficient (Wildman–Crippen LogP) is 2.80. The highest BCUT2D eigenvalue weighted by molar-refractivity contribution is 7.92. The van der Waals surface area contributed by atoms with Gasteiger partial charge in [-0.25, -0.2) is 12.8 Å². The Morgan fingerprint density at radius 1 is 1.14 bits per heavy atom. The lowest BCUT2D eigenvalue weighted by Gasteiger charge is -2.35. The van der Waals surface area contributed by atoms with Gasteiger partial charge in [-0.05, 0) is 43.3 Å². The Balaban J connectivity index is 2.12. The molecule has 0 aliphatic carbocycles. The highest BCUT2D eigenvalue weighted by atomic mass is 32.2. The summed E-state index contributed by atoms with van der Waals surface area (Å²) in [6.07, 6.45) is 0. The smallest absolute Gasteiger partial charge is 0.264 e. The van der Waals surface area contributed by atoms with Crippen molar-refractivity contribution in [1.29, 1.82) is 0 Å². The molecule has 2 aromatic rings. The van der Waals surface area contributed by atoms with Crippen molar-refractivity contribution in [2.24, 2.45) is 0 Å². The second kappa shape index (κ2) is 5.04. The first-order valence-electron chi connectivity index (χ1n) is 6.52. The number of nitrogens with zero attached hydrogens (tertiary/aromatic N) is 1. The van der Waals surface area contributed by atoms with Crippen LogP contribution in [0.5, 0.6) is 5.75 Å². The highest BCUT2D eigenvalue weighted by Gasteiger charge is 2.34. The van der Waals surface area contributed by atoms with Crippen molar-refractivity contribution in [3.8, 4) is 5.75 Å². The van der Waals surface area contributed by atoms with Gasteiger partial charge in [0, 0.05) is 0 Å². The SMILES string of the molecule is CC1COc2ccccc2N1S(=O)(=O)c1ccc(F)cc1. The standard InChI is InChI=1S/C15H14FNO3S/c1-11-10-20-15-5-3-2-4-14(15)17(11)21(18,19)13-8-6-12(16)7-9-13/h2-9,11H,10H2,1H3. The summed E-state index contributed by atoms with van der Waals surface area (Å²) in [5.41, 5.74) is 0.501. The molecule has 110 valence electrons. The number of sulfonamides is 1. The van der Waals surface area contributed by atoms with Crippen LogP contribution in [0.3, 0.4) is 0 Å². The number of anilines is 1. The Morgan fingerprint density at radius 3 is 2.52 bits per heavy atom. The molecular formula is C15H14FNO3S. The third kappa shape index (κ3) is 2.35. The van der Waals surface area contributed by atoms with Crippen molar-refractivity contribution in [2.75, 3.05) is 10.9 Å². The van der Waals surface area contributed by atoms with E-state index in [0.717, 1.165) is 12.1 Å². The number of hydrogen-bond acceptors (Lipinski definition) is 3. The number of ether oxygens (including phenoxy) is 1. The Morgan fingerprint density at radius 2 is 1.81 bits per heavy atom. The van der Waals surface area contributed by atoms with Crippen molar-refractivity contribution in [2.45, 2.75) is 17.9 Å². The number of halogens is 1. The van der Waals surface area contributed by atoms with Crippen molar-refractivity contribution < 1.29 is 17.5 Å². The third-order valence-electron chi connectivity index (χ3n) is 3.35. The van der Waals surface area contributed by atoms with Crippen molar-refractivity contribution in [3.63, 3.8) is 0 Å². The monoisotopic (exact) mass is 307 g/mol. The van der Waals surface area contributed by atoms with Crippen LogP contribution in [0.2, 0.25) is 0 Å². The fraction of sp³-hybridized carbons (Fsp3) is 0.200. The molecule has 3 rings (SSSR count). The van der Waals surface area contributed by atoms with Gasteiger partial charge in [0.1, 0.15) is 18.2 Å². The van der Waals surface area contributed by atoms with Gasteiger partial charge in [-0.1, -0.05) is 12.1 Å². The molecule has 0 radical (unpaired) electrons. The summed E-state index contributed by atoms with van der Waals surface area (Å²) in [5.74, 6) is 0.0608. The molecule has 6 heteroatoms. The fourth-order valence-electron chi connectivity index (χ4n) is 2.36. The van der Waals surface area contributed by atoms with Crippen molar-refractivity contribution in [1.82, 2.24) is 0 Å². The molecule has 0 saturated heterocycles. The summed E-state index contributed by atoms with van der Waals surface area (Å²) in [5, 5.41) is 0. The van der Waals surface area contributed by atoms with E-state index in [2.05, 4.69) is 0 Å². The molecule has 0 bridgehead atoms. The van der Waals surface area contributed by atoms with E-state index in [0.29, 0.717) is 11.4 Å². The maximum Gasteiger partial charge on any atom is 0.264 e. The minimum absolute atomic E-state index is 0.0625. The molecule has 21 heavy (non-hydrogen) atoms. The lowest BCUT2D eigenvalue weighted by Crippen LogP contribution is -2.44. The molecule has 1 atom stereocenters. The topological polar surface area (TPSA) is 46.6 Å². The summed E-state index contributed by atoms with van der Waals surface area (Å²) in [7, 11) is -3.75. The van der Waals surface area contributed by atoms with Crippen molar-refractivity contribution >= 4 is 15.7 Å². The first-order valence-corrected chi connectivity index (χ1v) is 7.96. The molecule has 0 amide bonds. The van der Waals surface area contributed by atoms with Crippen LogP contribution in [0.4, 0.5) is 10.1 Å². The molecule has 1 unspecified atom stereocenters. The van der Waals surface area contributed by atoms with Crippen LogP contribution in [0, 0.1) is 5.82 Å². The average Bonchev–Trinajstić information content (AvgIpc) is 2.47. The molecule has 0 saturated carbocycles. The molecule has 0 aromatic heterocycles. The van der Waals surface area contributed by atoms with Crippen LogP contribution in [-0.4, -0.2) is 21.1 Å². The first kappa shape index (κ1) is 13.9. The summed E-state index contributed by atoms with van der Waals surface area (Å²) >= 11 is 0. The van der Waals surface area contributed by atoms with E-state index in [-0.39, 0.29) is 17.5 Å². The van der Waals surface area contributed by atoms with Crippen molar-refractivity contribution in [3.05, 3.63) is 54.3 Å². The van der Waals surface area contributed by atoms with Gasteiger partial charge in [0.15, 0.2) is 0 Å². The minimum Gasteiger partial charge on any atom is -0.489 e. The second-order valence-corrected chi connectivity index (χ2v) is 6.70. The lowest BCUT2D eigenvalue weighted by molar-refractivity contribution is 0.281.